The highest BCUT2D eigenvalue weighted by Crippen LogP contribution is 2.33. The summed E-state index contributed by atoms with van der Waals surface area (Å²) in [6.07, 6.45) is 0.247. The van der Waals surface area contributed by atoms with E-state index in [9.17, 15) is 4.79 Å². The summed E-state index contributed by atoms with van der Waals surface area (Å²) in [7, 11) is 1.70. The lowest BCUT2D eigenvalue weighted by atomic mass is 10.0. The number of hydrogen-bond donors (Lipinski definition) is 1. The number of ether oxygens (including phenoxy) is 1. The van der Waals surface area contributed by atoms with Crippen molar-refractivity contribution in [1.82, 2.24) is 0 Å². The molecule has 0 saturated heterocycles. The van der Waals surface area contributed by atoms with Gasteiger partial charge in [-0.15, -0.1) is 0 Å². The first-order valence-electron chi connectivity index (χ1n) is 5.29. The van der Waals surface area contributed by atoms with Gasteiger partial charge in [-0.25, -0.2) is 0 Å². The number of nitrogens with two attached hydrogens (primary N) is 1. The number of nitrogens with zero attached hydrogens (tertiary/aromatic N) is 2. The normalized spacial score (nSPS) is 15.8. The first-order valence-corrected chi connectivity index (χ1v) is 5.29. The van der Waals surface area contributed by atoms with Crippen LogP contribution in [0.5, 0.6) is 5.75 Å². The van der Waals surface area contributed by atoms with E-state index in [1.807, 2.05) is 12.1 Å². The van der Waals surface area contributed by atoms with Crippen LogP contribution in [0.3, 0.4) is 0 Å². The lowest BCUT2D eigenvalue weighted by Gasteiger charge is -2.26. The molecule has 0 aliphatic carbocycles. The van der Waals surface area contributed by atoms with Gasteiger partial charge in [0.15, 0.2) is 6.61 Å². The van der Waals surface area contributed by atoms with E-state index in [1.54, 1.807) is 24.1 Å². The molecule has 5 heteroatoms. The molecule has 1 aliphatic rings. The molecular formula is C12H13N3O2. The van der Waals surface area contributed by atoms with Crippen LogP contribution in [0.15, 0.2) is 18.2 Å². The molecule has 1 unspecified atom stereocenters. The predicted octanol–water partition coefficient (Wildman–Crippen LogP) is 0.955. The van der Waals surface area contributed by atoms with Gasteiger partial charge >= 0.3 is 0 Å². The zero-order valence-corrected chi connectivity index (χ0v) is 9.51. The van der Waals surface area contributed by atoms with Crippen LogP contribution in [0.1, 0.15) is 18.0 Å². The van der Waals surface area contributed by atoms with E-state index in [0.717, 1.165) is 5.56 Å². The predicted molar refractivity (Wildman–Crippen MR) is 62.5 cm³/mol. The molecule has 0 bridgehead atoms. The number of carbonyl (C=O) groups is 1. The number of amides is 1. The van der Waals surface area contributed by atoms with E-state index < -0.39 is 0 Å². The molecule has 2 N–H and O–H groups in total. The molecule has 0 aromatic heterocycles. The van der Waals surface area contributed by atoms with Crippen molar-refractivity contribution in [3.63, 3.8) is 0 Å². The third-order valence-corrected chi connectivity index (χ3v) is 2.81. The Labute approximate surface area is 99.4 Å². The summed E-state index contributed by atoms with van der Waals surface area (Å²) in [5.74, 6) is 0.573. The van der Waals surface area contributed by atoms with Gasteiger partial charge in [-0.2, -0.15) is 5.26 Å². The Morgan fingerprint density at radius 3 is 3.12 bits per heavy atom. The highest BCUT2D eigenvalue weighted by Gasteiger charge is 2.23. The zero-order valence-electron chi connectivity index (χ0n) is 9.51. The minimum absolute atomic E-state index is 0.0626. The van der Waals surface area contributed by atoms with Crippen LogP contribution in [0, 0.1) is 11.3 Å². The second-order valence-electron chi connectivity index (χ2n) is 3.94. The SMILES string of the molecule is CN1C(=O)COc2ccc(C(N)CC#N)cc21. The van der Waals surface area contributed by atoms with Gasteiger partial charge in [-0.3, -0.25) is 4.79 Å². The average molecular weight is 231 g/mol. The van der Waals surface area contributed by atoms with Crippen molar-refractivity contribution in [2.45, 2.75) is 12.5 Å². The number of hydrogen-bond acceptors (Lipinski definition) is 4. The molecular weight excluding hydrogens is 218 g/mol. The van der Waals surface area contributed by atoms with Gasteiger partial charge < -0.3 is 15.4 Å². The Morgan fingerprint density at radius 1 is 1.65 bits per heavy atom. The Balaban J connectivity index is 2.36. The van der Waals surface area contributed by atoms with Crippen molar-refractivity contribution >= 4 is 11.6 Å². The van der Waals surface area contributed by atoms with Crippen molar-refractivity contribution in [3.8, 4) is 11.8 Å². The van der Waals surface area contributed by atoms with E-state index in [2.05, 4.69) is 0 Å². The summed E-state index contributed by atoms with van der Waals surface area (Å²) >= 11 is 0. The monoisotopic (exact) mass is 231 g/mol. The van der Waals surface area contributed by atoms with Crippen molar-refractivity contribution in [1.29, 1.82) is 5.26 Å². The van der Waals surface area contributed by atoms with Crippen LogP contribution in [-0.2, 0) is 4.79 Å². The zero-order chi connectivity index (χ0) is 12.4. The molecule has 1 aliphatic heterocycles. The van der Waals surface area contributed by atoms with Crippen molar-refractivity contribution in [3.05, 3.63) is 23.8 Å². The van der Waals surface area contributed by atoms with E-state index in [-0.39, 0.29) is 25.0 Å². The van der Waals surface area contributed by atoms with E-state index in [1.165, 1.54) is 0 Å². The topological polar surface area (TPSA) is 79.3 Å². The second kappa shape index (κ2) is 4.44. The Hall–Kier alpha value is -2.06. The van der Waals surface area contributed by atoms with Crippen LogP contribution in [0.25, 0.3) is 0 Å². The second-order valence-corrected chi connectivity index (χ2v) is 3.94. The van der Waals surface area contributed by atoms with Crippen LogP contribution >= 0.6 is 0 Å². The lowest BCUT2D eigenvalue weighted by molar-refractivity contribution is -0.120. The maximum atomic E-state index is 11.5. The van der Waals surface area contributed by atoms with Gasteiger partial charge in [0, 0.05) is 13.1 Å². The third kappa shape index (κ3) is 2.08. The third-order valence-electron chi connectivity index (χ3n) is 2.81. The quantitative estimate of drug-likeness (QED) is 0.822. The molecule has 0 saturated carbocycles. The Morgan fingerprint density at radius 2 is 2.41 bits per heavy atom. The summed E-state index contributed by atoms with van der Waals surface area (Å²) in [5.41, 5.74) is 7.38. The van der Waals surface area contributed by atoms with E-state index in [4.69, 9.17) is 15.7 Å². The molecule has 88 valence electrons. The number of likely N-dealkylation sites (N-methyl/N-ethyl adjacent to an activating group) is 1. The lowest BCUT2D eigenvalue weighted by Crippen LogP contribution is -2.35. The highest BCUT2D eigenvalue weighted by molar-refractivity contribution is 5.97. The van der Waals surface area contributed by atoms with Crippen molar-refractivity contribution in [2.24, 2.45) is 5.73 Å². The summed E-state index contributed by atoms with van der Waals surface area (Å²) < 4.78 is 5.30. The number of carbonyl (C=O) groups excluding carboxylic acids is 1. The molecule has 0 spiro atoms. The summed E-state index contributed by atoms with van der Waals surface area (Å²) in [4.78, 5) is 13.0. The molecule has 1 aromatic carbocycles. The van der Waals surface area contributed by atoms with Gasteiger partial charge in [0.25, 0.3) is 5.91 Å². The average Bonchev–Trinajstić information content (AvgIpc) is 2.34. The minimum atomic E-state index is -0.337. The maximum Gasteiger partial charge on any atom is 0.264 e. The van der Waals surface area contributed by atoms with Crippen molar-refractivity contribution < 1.29 is 9.53 Å². The van der Waals surface area contributed by atoms with E-state index in [0.29, 0.717) is 11.4 Å². The van der Waals surface area contributed by atoms with Gasteiger partial charge in [0.05, 0.1) is 18.2 Å². The maximum absolute atomic E-state index is 11.5. The standard InChI is InChI=1S/C12H13N3O2/c1-15-10-6-8(9(14)4-5-13)2-3-11(10)17-7-12(15)16/h2-3,6,9H,4,7,14H2,1H3. The molecule has 1 atom stereocenters. The van der Waals surface area contributed by atoms with Gasteiger partial charge in [0.2, 0.25) is 0 Å². The van der Waals surface area contributed by atoms with Crippen LogP contribution in [0.4, 0.5) is 5.69 Å². The molecule has 1 heterocycles. The van der Waals surface area contributed by atoms with Gasteiger partial charge in [0.1, 0.15) is 5.75 Å². The van der Waals surface area contributed by atoms with Gasteiger partial charge in [-0.05, 0) is 17.7 Å². The summed E-state index contributed by atoms with van der Waals surface area (Å²) in [6, 6.07) is 7.10. The molecule has 5 nitrogen and oxygen atoms in total. The molecule has 2 rings (SSSR count). The minimum Gasteiger partial charge on any atom is -0.482 e. The fourth-order valence-electron chi connectivity index (χ4n) is 1.74. The first kappa shape index (κ1) is 11.4. The highest BCUT2D eigenvalue weighted by atomic mass is 16.5. The van der Waals surface area contributed by atoms with Crippen LogP contribution in [0.2, 0.25) is 0 Å². The fourth-order valence-corrected chi connectivity index (χ4v) is 1.74. The molecule has 17 heavy (non-hydrogen) atoms. The Kier molecular flexibility index (Phi) is 2.98. The molecule has 1 aromatic rings. The van der Waals surface area contributed by atoms with Gasteiger partial charge in [-0.1, -0.05) is 6.07 Å². The molecule has 1 amide bonds. The number of rotatable bonds is 2. The van der Waals surface area contributed by atoms with Crippen LogP contribution in [-0.4, -0.2) is 19.6 Å². The number of benzene rings is 1. The number of anilines is 1. The molecule has 0 fully saturated rings. The first-order chi connectivity index (χ1) is 8.13. The largest absolute Gasteiger partial charge is 0.482 e. The van der Waals surface area contributed by atoms with Crippen molar-refractivity contribution in [2.75, 3.05) is 18.6 Å². The Bertz CT molecular complexity index is 493. The number of nitriles is 1. The summed E-state index contributed by atoms with van der Waals surface area (Å²) in [6.45, 7) is 0.0626. The fraction of sp³-hybridized carbons (Fsp3) is 0.333. The number of fused-ring (bicyclic) bond motifs is 1. The molecule has 0 radical (unpaired) electrons. The smallest absolute Gasteiger partial charge is 0.264 e. The van der Waals surface area contributed by atoms with E-state index >= 15 is 0 Å². The summed E-state index contributed by atoms with van der Waals surface area (Å²) in [5, 5.41) is 8.61. The van der Waals surface area contributed by atoms with Crippen LogP contribution < -0.4 is 15.4 Å².